The molecule has 2 heterocycles. The molecular weight excluding hydrogens is 463 g/mol. The van der Waals surface area contributed by atoms with Crippen LogP contribution >= 0.6 is 22.6 Å². The van der Waals surface area contributed by atoms with Crippen molar-refractivity contribution in [1.29, 1.82) is 0 Å². The number of halogens is 1. The van der Waals surface area contributed by atoms with E-state index in [4.69, 9.17) is 0 Å². The number of anilines is 1. The highest BCUT2D eigenvalue weighted by atomic mass is 127. The number of aromatic nitrogens is 2. The fourth-order valence-electron chi connectivity index (χ4n) is 3.41. The lowest BCUT2D eigenvalue weighted by atomic mass is 10.1. The third-order valence-corrected chi connectivity index (χ3v) is 5.77. The Balaban J connectivity index is 1.40. The lowest BCUT2D eigenvalue weighted by molar-refractivity contribution is 0.0746. The van der Waals surface area contributed by atoms with Crippen molar-refractivity contribution in [1.82, 2.24) is 15.1 Å². The molecule has 0 radical (unpaired) electrons. The maximum Gasteiger partial charge on any atom is 0.253 e. The van der Waals surface area contributed by atoms with E-state index in [-0.39, 0.29) is 5.91 Å². The van der Waals surface area contributed by atoms with Gasteiger partial charge in [0.25, 0.3) is 5.91 Å². The van der Waals surface area contributed by atoms with Crippen molar-refractivity contribution < 1.29 is 4.79 Å². The summed E-state index contributed by atoms with van der Waals surface area (Å²) >= 11 is 2.25. The molecule has 1 aromatic heterocycles. The lowest BCUT2D eigenvalue weighted by Crippen LogP contribution is -2.49. The van der Waals surface area contributed by atoms with Crippen molar-refractivity contribution in [2.75, 3.05) is 31.1 Å². The molecule has 142 valence electrons. The number of benzene rings is 2. The molecule has 3 aromatic rings. The van der Waals surface area contributed by atoms with Gasteiger partial charge < -0.3 is 9.80 Å². The average Bonchev–Trinajstić information content (AvgIpc) is 2.74. The highest BCUT2D eigenvalue weighted by Crippen LogP contribution is 2.22. The molecule has 0 aliphatic carbocycles. The van der Waals surface area contributed by atoms with Gasteiger partial charge in [-0.15, -0.1) is 10.2 Å². The third kappa shape index (κ3) is 4.01. The smallest absolute Gasteiger partial charge is 0.253 e. The van der Waals surface area contributed by atoms with Gasteiger partial charge in [-0.1, -0.05) is 24.3 Å². The molecule has 1 amide bonds. The van der Waals surface area contributed by atoms with Gasteiger partial charge >= 0.3 is 0 Å². The second kappa shape index (κ2) is 8.26. The first-order valence-electron chi connectivity index (χ1n) is 9.31. The van der Waals surface area contributed by atoms with Crippen molar-refractivity contribution in [3.05, 3.63) is 75.4 Å². The highest BCUT2D eigenvalue weighted by Gasteiger charge is 2.23. The van der Waals surface area contributed by atoms with E-state index in [1.807, 2.05) is 53.4 Å². The second-order valence-electron chi connectivity index (χ2n) is 6.88. The van der Waals surface area contributed by atoms with Crippen LogP contribution in [0.2, 0.25) is 0 Å². The normalized spacial score (nSPS) is 14.2. The van der Waals surface area contributed by atoms with E-state index in [0.29, 0.717) is 13.1 Å². The number of hydrogen-bond acceptors (Lipinski definition) is 4. The number of hydrogen-bond donors (Lipinski definition) is 0. The SMILES string of the molecule is Cc1ccccc1-c1ccc(N2CCN(C(=O)c3ccc(I)cc3)CC2)nn1. The van der Waals surface area contributed by atoms with E-state index in [1.165, 1.54) is 5.56 Å². The van der Waals surface area contributed by atoms with Crippen LogP contribution in [-0.4, -0.2) is 47.2 Å². The Morgan fingerprint density at radius 2 is 1.61 bits per heavy atom. The van der Waals surface area contributed by atoms with Crippen molar-refractivity contribution in [2.24, 2.45) is 0 Å². The summed E-state index contributed by atoms with van der Waals surface area (Å²) in [5.74, 6) is 0.954. The molecule has 28 heavy (non-hydrogen) atoms. The Kier molecular flexibility index (Phi) is 5.57. The van der Waals surface area contributed by atoms with Crippen LogP contribution in [0.25, 0.3) is 11.3 Å². The van der Waals surface area contributed by atoms with Crippen LogP contribution in [0, 0.1) is 10.5 Å². The van der Waals surface area contributed by atoms with Gasteiger partial charge in [-0.25, -0.2) is 0 Å². The first kappa shape index (κ1) is 18.9. The molecule has 0 bridgehead atoms. The molecule has 1 saturated heterocycles. The molecule has 0 spiro atoms. The molecule has 1 aliphatic rings. The second-order valence-corrected chi connectivity index (χ2v) is 8.12. The molecule has 1 aliphatic heterocycles. The van der Waals surface area contributed by atoms with Crippen molar-refractivity contribution in [2.45, 2.75) is 6.92 Å². The molecule has 0 N–H and O–H groups in total. The number of piperazine rings is 1. The molecule has 2 aromatic carbocycles. The Morgan fingerprint density at radius 3 is 2.25 bits per heavy atom. The summed E-state index contributed by atoms with van der Waals surface area (Å²) in [6.45, 7) is 4.97. The number of carbonyl (C=O) groups is 1. The van der Waals surface area contributed by atoms with E-state index in [9.17, 15) is 4.79 Å². The lowest BCUT2D eigenvalue weighted by Gasteiger charge is -2.35. The number of aryl methyl sites for hydroxylation is 1. The monoisotopic (exact) mass is 484 g/mol. The topological polar surface area (TPSA) is 49.3 Å². The molecule has 5 nitrogen and oxygen atoms in total. The first-order valence-corrected chi connectivity index (χ1v) is 10.4. The van der Waals surface area contributed by atoms with Crippen LogP contribution in [-0.2, 0) is 0 Å². The van der Waals surface area contributed by atoms with Gasteiger partial charge in [0.15, 0.2) is 5.82 Å². The molecule has 6 heteroatoms. The zero-order valence-electron chi connectivity index (χ0n) is 15.7. The Bertz CT molecular complexity index is 965. The maximum absolute atomic E-state index is 12.7. The first-order chi connectivity index (χ1) is 13.6. The summed E-state index contributed by atoms with van der Waals surface area (Å²) in [6, 6.07) is 19.9. The van der Waals surface area contributed by atoms with E-state index >= 15 is 0 Å². The van der Waals surface area contributed by atoms with Gasteiger partial charge in [0, 0.05) is 40.9 Å². The maximum atomic E-state index is 12.7. The zero-order valence-corrected chi connectivity index (χ0v) is 17.8. The minimum atomic E-state index is 0.0945. The van der Waals surface area contributed by atoms with Gasteiger partial charge in [-0.2, -0.15) is 0 Å². The van der Waals surface area contributed by atoms with Crippen molar-refractivity contribution >= 4 is 34.3 Å². The van der Waals surface area contributed by atoms with E-state index < -0.39 is 0 Å². The van der Waals surface area contributed by atoms with Crippen LogP contribution < -0.4 is 4.90 Å². The summed E-state index contributed by atoms with van der Waals surface area (Å²) in [7, 11) is 0. The Morgan fingerprint density at radius 1 is 0.893 bits per heavy atom. The minimum Gasteiger partial charge on any atom is -0.352 e. The largest absolute Gasteiger partial charge is 0.352 e. The van der Waals surface area contributed by atoms with Crippen LogP contribution in [0.5, 0.6) is 0 Å². The number of nitrogens with zero attached hydrogens (tertiary/aromatic N) is 4. The number of rotatable bonds is 3. The fraction of sp³-hybridized carbons (Fsp3) is 0.227. The van der Waals surface area contributed by atoms with Gasteiger partial charge in [-0.05, 0) is 71.5 Å². The summed E-state index contributed by atoms with van der Waals surface area (Å²) in [5, 5.41) is 8.85. The standard InChI is InChI=1S/C22H21IN4O/c1-16-4-2-3-5-19(16)20-10-11-21(25-24-20)26-12-14-27(15-13-26)22(28)17-6-8-18(23)9-7-17/h2-11H,12-15H2,1H3. The number of amides is 1. The van der Waals surface area contributed by atoms with Gasteiger partial charge in [0.2, 0.25) is 0 Å². The van der Waals surface area contributed by atoms with Crippen molar-refractivity contribution in [3.8, 4) is 11.3 Å². The summed E-state index contributed by atoms with van der Waals surface area (Å²) in [5.41, 5.74) is 3.92. The zero-order chi connectivity index (χ0) is 19.5. The molecule has 0 saturated carbocycles. The average molecular weight is 484 g/mol. The quantitative estimate of drug-likeness (QED) is 0.528. The summed E-state index contributed by atoms with van der Waals surface area (Å²) in [6.07, 6.45) is 0. The molecule has 0 atom stereocenters. The highest BCUT2D eigenvalue weighted by molar-refractivity contribution is 14.1. The van der Waals surface area contributed by atoms with E-state index in [1.54, 1.807) is 0 Å². The minimum absolute atomic E-state index is 0.0945. The molecule has 4 rings (SSSR count). The predicted octanol–water partition coefficient (Wildman–Crippen LogP) is 4.02. The number of carbonyl (C=O) groups excluding carboxylic acids is 1. The Hall–Kier alpha value is -2.48. The van der Waals surface area contributed by atoms with E-state index in [0.717, 1.165) is 39.3 Å². The third-order valence-electron chi connectivity index (χ3n) is 5.05. The van der Waals surface area contributed by atoms with Gasteiger partial charge in [0.1, 0.15) is 0 Å². The molecular formula is C22H21IN4O. The van der Waals surface area contributed by atoms with Crippen LogP contribution in [0.3, 0.4) is 0 Å². The van der Waals surface area contributed by atoms with E-state index in [2.05, 4.69) is 56.7 Å². The fourth-order valence-corrected chi connectivity index (χ4v) is 3.77. The summed E-state index contributed by atoms with van der Waals surface area (Å²) < 4.78 is 1.13. The molecule has 1 fully saturated rings. The predicted molar refractivity (Wildman–Crippen MR) is 119 cm³/mol. The Labute approximate surface area is 178 Å². The van der Waals surface area contributed by atoms with Gasteiger partial charge in [0.05, 0.1) is 5.69 Å². The van der Waals surface area contributed by atoms with Crippen LogP contribution in [0.4, 0.5) is 5.82 Å². The van der Waals surface area contributed by atoms with Crippen LogP contribution in [0.1, 0.15) is 15.9 Å². The summed E-state index contributed by atoms with van der Waals surface area (Å²) in [4.78, 5) is 16.8. The van der Waals surface area contributed by atoms with Crippen molar-refractivity contribution in [3.63, 3.8) is 0 Å². The van der Waals surface area contributed by atoms with Gasteiger partial charge in [-0.3, -0.25) is 4.79 Å². The molecule has 0 unspecified atom stereocenters. The van der Waals surface area contributed by atoms with Crippen LogP contribution in [0.15, 0.2) is 60.7 Å².